The number of furan rings is 1. The van der Waals surface area contributed by atoms with E-state index in [0.29, 0.717) is 0 Å². The Morgan fingerprint density at radius 3 is 1.40 bits per heavy atom. The number of aromatic amines is 2. The predicted molar refractivity (Wildman–Crippen MR) is 274 cm³/mol. The fourth-order valence-electron chi connectivity index (χ4n) is 10.4. The number of nitrogens with one attached hydrogen (secondary N) is 2. The van der Waals surface area contributed by atoms with Gasteiger partial charge in [0.15, 0.2) is 5.58 Å². The molecule has 0 fully saturated rings. The van der Waals surface area contributed by atoms with Crippen LogP contribution in [0.4, 0.5) is 17.1 Å². The summed E-state index contributed by atoms with van der Waals surface area (Å²) in [4.78, 5) is 10.5. The Morgan fingerprint density at radius 1 is 0.354 bits per heavy atom. The quantitative estimate of drug-likeness (QED) is 0.168. The molecule has 3 aromatic heterocycles. The lowest BCUT2D eigenvalue weighted by atomic mass is 9.89. The van der Waals surface area contributed by atoms with Crippen LogP contribution in [-0.4, -0.2) is 9.97 Å². The van der Waals surface area contributed by atoms with Gasteiger partial charge in [0.25, 0.3) is 0 Å². The van der Waals surface area contributed by atoms with Crippen LogP contribution in [0.2, 0.25) is 0 Å². The minimum atomic E-state index is 0.866. The van der Waals surface area contributed by atoms with Crippen LogP contribution < -0.4 is 4.90 Å². The number of benzene rings is 10. The normalized spacial score (nSPS) is 11.8. The van der Waals surface area contributed by atoms with Crippen LogP contribution in [0, 0.1) is 6.92 Å². The second kappa shape index (κ2) is 14.8. The van der Waals surface area contributed by atoms with E-state index in [2.05, 4.69) is 240 Å². The number of anilines is 3. The number of hydrogen-bond donors (Lipinski definition) is 2. The average Bonchev–Trinajstić information content (AvgIpc) is 4.08. The molecule has 3 heterocycles. The molecule has 4 heteroatoms. The molecule has 0 amide bonds. The molecule has 0 atom stereocenters. The zero-order chi connectivity index (χ0) is 43.0. The Kier molecular flexibility index (Phi) is 8.40. The molecule has 13 aromatic rings. The van der Waals surface area contributed by atoms with E-state index in [1.807, 2.05) is 0 Å². The van der Waals surface area contributed by atoms with Gasteiger partial charge >= 0.3 is 0 Å². The van der Waals surface area contributed by atoms with E-state index in [1.165, 1.54) is 43.8 Å². The van der Waals surface area contributed by atoms with Crippen molar-refractivity contribution in [1.29, 1.82) is 0 Å². The van der Waals surface area contributed by atoms with Crippen LogP contribution in [0.3, 0.4) is 0 Å². The van der Waals surface area contributed by atoms with Crippen molar-refractivity contribution in [3.05, 3.63) is 224 Å². The third-order valence-electron chi connectivity index (χ3n) is 13.2. The molecular formula is C61H41N3O. The Bertz CT molecular complexity index is 3900. The highest BCUT2D eigenvalue weighted by atomic mass is 16.3. The van der Waals surface area contributed by atoms with Crippen molar-refractivity contribution in [2.24, 2.45) is 0 Å². The van der Waals surface area contributed by atoms with Gasteiger partial charge in [-0.1, -0.05) is 188 Å². The number of para-hydroxylation sites is 5. The first-order valence-electron chi connectivity index (χ1n) is 22.3. The summed E-state index contributed by atoms with van der Waals surface area (Å²) >= 11 is 0. The zero-order valence-corrected chi connectivity index (χ0v) is 35.6. The molecule has 0 saturated carbocycles. The van der Waals surface area contributed by atoms with E-state index in [4.69, 9.17) is 4.42 Å². The summed E-state index contributed by atoms with van der Waals surface area (Å²) in [6.07, 6.45) is 0. The molecule has 0 aliphatic heterocycles. The van der Waals surface area contributed by atoms with Crippen molar-refractivity contribution in [3.63, 3.8) is 0 Å². The van der Waals surface area contributed by atoms with Gasteiger partial charge in [-0.05, 0) is 65.1 Å². The van der Waals surface area contributed by atoms with Crippen LogP contribution in [0.25, 0.3) is 110 Å². The minimum absolute atomic E-state index is 0.866. The van der Waals surface area contributed by atoms with Crippen LogP contribution in [-0.2, 0) is 0 Å². The van der Waals surface area contributed by atoms with Gasteiger partial charge in [0.1, 0.15) is 5.58 Å². The molecule has 0 saturated heterocycles. The molecule has 0 spiro atoms. The number of aromatic nitrogens is 2. The number of rotatable bonds is 7. The first-order chi connectivity index (χ1) is 32.2. The Labute approximate surface area is 375 Å². The highest BCUT2D eigenvalue weighted by Crippen LogP contribution is 2.51. The number of nitrogens with zero attached hydrogens (tertiary/aromatic N) is 1. The fraction of sp³-hybridized carbons (Fsp3) is 0.0164. The third kappa shape index (κ3) is 5.77. The van der Waals surface area contributed by atoms with Crippen molar-refractivity contribution >= 4 is 82.6 Å². The van der Waals surface area contributed by atoms with Gasteiger partial charge in [0.2, 0.25) is 0 Å². The lowest BCUT2D eigenvalue weighted by Crippen LogP contribution is -2.10. The number of fused-ring (bicyclic) bond motifs is 9. The summed E-state index contributed by atoms with van der Waals surface area (Å²) in [7, 11) is 0. The summed E-state index contributed by atoms with van der Waals surface area (Å²) in [5, 5.41) is 7.00. The molecule has 13 rings (SSSR count). The first kappa shape index (κ1) is 37.0. The topological polar surface area (TPSA) is 48.0 Å². The summed E-state index contributed by atoms with van der Waals surface area (Å²) < 4.78 is 6.77. The molecule has 10 aromatic carbocycles. The molecule has 2 N–H and O–H groups in total. The summed E-state index contributed by atoms with van der Waals surface area (Å²) in [6, 6.07) is 78.3. The smallest absolute Gasteiger partial charge is 0.159 e. The average molecular weight is 832 g/mol. The highest BCUT2D eigenvalue weighted by molar-refractivity contribution is 6.33. The monoisotopic (exact) mass is 831 g/mol. The maximum atomic E-state index is 6.77. The lowest BCUT2D eigenvalue weighted by molar-refractivity contribution is 0.666. The molecule has 0 aliphatic rings. The van der Waals surface area contributed by atoms with Crippen LogP contribution in [0.15, 0.2) is 223 Å². The maximum absolute atomic E-state index is 6.77. The van der Waals surface area contributed by atoms with E-state index < -0.39 is 0 Å². The molecule has 65 heavy (non-hydrogen) atoms. The van der Waals surface area contributed by atoms with Crippen molar-refractivity contribution in [3.8, 4) is 44.5 Å². The molecule has 306 valence electrons. The highest BCUT2D eigenvalue weighted by Gasteiger charge is 2.26. The Hall–Kier alpha value is -8.60. The summed E-state index contributed by atoms with van der Waals surface area (Å²) in [5.74, 6) is 0. The number of H-pyrrole nitrogens is 2. The van der Waals surface area contributed by atoms with Crippen molar-refractivity contribution < 1.29 is 4.42 Å². The standard InChI is InChI=1S/C61H41N3O/c1-38-19-14-32-47-48-33-18-36-51(61(48)65-60(38)47)64(43-27-12-5-13-28-43)44-29-15-26-42(37-44)46-31-17-35-50-55-53(41-24-10-4-11-25-41)58-54(52(59(55)63-57(46)50)40-22-8-3-9-23-40)49-34-16-30-45(56(49)62-58)39-20-6-2-7-21-39/h2-37,62-63H,1H3. The van der Waals surface area contributed by atoms with Gasteiger partial charge in [0.05, 0.1) is 27.8 Å². The van der Waals surface area contributed by atoms with E-state index in [0.717, 1.165) is 88.9 Å². The van der Waals surface area contributed by atoms with Crippen molar-refractivity contribution in [2.75, 3.05) is 4.90 Å². The van der Waals surface area contributed by atoms with Gasteiger partial charge in [-0.3, -0.25) is 0 Å². The van der Waals surface area contributed by atoms with Crippen LogP contribution in [0.1, 0.15) is 5.56 Å². The van der Waals surface area contributed by atoms with Crippen molar-refractivity contribution in [2.45, 2.75) is 6.92 Å². The van der Waals surface area contributed by atoms with Gasteiger partial charge in [0, 0.05) is 65.9 Å². The maximum Gasteiger partial charge on any atom is 0.159 e. The molecule has 0 radical (unpaired) electrons. The third-order valence-corrected chi connectivity index (χ3v) is 13.2. The van der Waals surface area contributed by atoms with E-state index >= 15 is 0 Å². The van der Waals surface area contributed by atoms with E-state index in [-0.39, 0.29) is 0 Å². The lowest BCUT2D eigenvalue weighted by Gasteiger charge is -2.26. The minimum Gasteiger partial charge on any atom is -0.454 e. The fourth-order valence-corrected chi connectivity index (χ4v) is 10.4. The molecule has 0 bridgehead atoms. The van der Waals surface area contributed by atoms with E-state index in [1.54, 1.807) is 0 Å². The number of hydrogen-bond acceptors (Lipinski definition) is 2. The second-order valence-corrected chi connectivity index (χ2v) is 17.0. The SMILES string of the molecule is Cc1cccc2c1oc1c(N(c3ccccc3)c3cccc(-c4cccc5c4[nH]c4c(-c6ccccc6)c6c([nH]c7c(-c8ccccc8)cccc76)c(-c6ccccc6)c45)c3)cccc12. The predicted octanol–water partition coefficient (Wildman–Crippen LogP) is 17.3. The Balaban J connectivity index is 1.09. The van der Waals surface area contributed by atoms with Crippen LogP contribution >= 0.6 is 0 Å². The molecule has 4 nitrogen and oxygen atoms in total. The summed E-state index contributed by atoms with van der Waals surface area (Å²) in [6.45, 7) is 2.11. The van der Waals surface area contributed by atoms with Crippen LogP contribution in [0.5, 0.6) is 0 Å². The second-order valence-electron chi connectivity index (χ2n) is 17.0. The van der Waals surface area contributed by atoms with Gasteiger partial charge < -0.3 is 19.3 Å². The zero-order valence-electron chi connectivity index (χ0n) is 35.6. The van der Waals surface area contributed by atoms with Gasteiger partial charge in [-0.15, -0.1) is 0 Å². The van der Waals surface area contributed by atoms with Crippen molar-refractivity contribution in [1.82, 2.24) is 9.97 Å². The molecule has 0 unspecified atom stereocenters. The largest absolute Gasteiger partial charge is 0.454 e. The van der Waals surface area contributed by atoms with Gasteiger partial charge in [-0.25, -0.2) is 0 Å². The number of aryl methyl sites for hydroxylation is 1. The van der Waals surface area contributed by atoms with E-state index in [9.17, 15) is 0 Å². The molecule has 0 aliphatic carbocycles. The van der Waals surface area contributed by atoms with Gasteiger partial charge in [-0.2, -0.15) is 0 Å². The Morgan fingerprint density at radius 2 is 0.800 bits per heavy atom. The molecular weight excluding hydrogens is 791 g/mol. The summed E-state index contributed by atoms with van der Waals surface area (Å²) in [5.41, 5.74) is 19.8. The first-order valence-corrected chi connectivity index (χ1v) is 22.3.